The molecular formula is C23H26ClF3N4O3S. The third-order valence-electron chi connectivity index (χ3n) is 7.53. The van der Waals surface area contributed by atoms with Gasteiger partial charge in [-0.1, -0.05) is 17.7 Å². The predicted octanol–water partition coefficient (Wildman–Crippen LogP) is 4.18. The van der Waals surface area contributed by atoms with E-state index in [0.29, 0.717) is 25.6 Å². The Morgan fingerprint density at radius 3 is 2.74 bits per heavy atom. The van der Waals surface area contributed by atoms with Gasteiger partial charge in [-0.25, -0.2) is 22.2 Å². The lowest BCUT2D eigenvalue weighted by Gasteiger charge is -2.39. The normalized spacial score (nSPS) is 26.9. The van der Waals surface area contributed by atoms with E-state index in [1.165, 1.54) is 12.5 Å². The molecule has 5 rings (SSSR count). The van der Waals surface area contributed by atoms with Gasteiger partial charge in [-0.3, -0.25) is 9.62 Å². The van der Waals surface area contributed by atoms with E-state index < -0.39 is 48.9 Å². The number of aromatic nitrogens is 1. The molecule has 3 atom stereocenters. The number of anilines is 2. The highest BCUT2D eigenvalue weighted by molar-refractivity contribution is 7.92. The second-order valence-corrected chi connectivity index (χ2v) is 11.4. The van der Waals surface area contributed by atoms with Crippen LogP contribution in [0.4, 0.5) is 24.7 Å². The monoisotopic (exact) mass is 530 g/mol. The van der Waals surface area contributed by atoms with Gasteiger partial charge in [-0.15, -0.1) is 0 Å². The summed E-state index contributed by atoms with van der Waals surface area (Å²) in [5, 5.41) is -0.503. The summed E-state index contributed by atoms with van der Waals surface area (Å²) < 4.78 is 77.1. The molecule has 0 amide bonds. The van der Waals surface area contributed by atoms with E-state index in [9.17, 15) is 12.8 Å². The van der Waals surface area contributed by atoms with Gasteiger partial charge in [0, 0.05) is 38.3 Å². The second-order valence-electron chi connectivity index (χ2n) is 9.35. The van der Waals surface area contributed by atoms with Crippen molar-refractivity contribution >= 4 is 33.1 Å². The van der Waals surface area contributed by atoms with E-state index in [1.807, 2.05) is 4.72 Å². The Labute approximate surface area is 207 Å². The molecule has 3 fully saturated rings. The standard InChI is InChI=1S/C23H26ClF3N4O3S/c1-34-23(17-8-7-14-4-3-10-31(14)17)9-11-30(13-23)16-12-15(25)22(21(27)20(16)24)35(32,33)29-19-6-2-5-18(26)28-19/h2,5-6,12,14,17H,3-4,7-11,13H2,1H3,(H,28,29). The number of ether oxygens (including phenoxy) is 1. The largest absolute Gasteiger partial charge is 0.375 e. The van der Waals surface area contributed by atoms with Gasteiger partial charge in [0.15, 0.2) is 10.7 Å². The van der Waals surface area contributed by atoms with Gasteiger partial charge in [0.25, 0.3) is 10.0 Å². The highest BCUT2D eigenvalue weighted by Gasteiger charge is 2.52. The van der Waals surface area contributed by atoms with Crippen LogP contribution in [0.2, 0.25) is 5.02 Å². The molecule has 1 N–H and O–H groups in total. The topological polar surface area (TPSA) is 74.8 Å². The maximum atomic E-state index is 15.3. The maximum Gasteiger partial charge on any atom is 0.268 e. The molecule has 3 saturated heterocycles. The minimum absolute atomic E-state index is 0.0689. The van der Waals surface area contributed by atoms with E-state index in [1.54, 1.807) is 12.0 Å². The lowest BCUT2D eigenvalue weighted by molar-refractivity contribution is -0.0525. The number of sulfonamides is 1. The molecule has 1 aromatic carbocycles. The number of rotatable bonds is 6. The molecule has 3 aliphatic heterocycles. The number of pyridine rings is 1. The van der Waals surface area contributed by atoms with Crippen molar-refractivity contribution in [1.82, 2.24) is 9.88 Å². The average Bonchev–Trinajstić information content (AvgIpc) is 3.52. The third kappa shape index (κ3) is 4.26. The molecule has 0 aliphatic carbocycles. The Bertz CT molecular complexity index is 1250. The fourth-order valence-electron chi connectivity index (χ4n) is 5.94. The smallest absolute Gasteiger partial charge is 0.268 e. The van der Waals surface area contributed by atoms with Crippen LogP contribution in [0.3, 0.4) is 0 Å². The van der Waals surface area contributed by atoms with Gasteiger partial charge in [0.05, 0.1) is 5.69 Å². The molecule has 3 unspecified atom stereocenters. The molecule has 190 valence electrons. The van der Waals surface area contributed by atoms with Crippen LogP contribution in [0.15, 0.2) is 29.2 Å². The number of hydrogen-bond donors (Lipinski definition) is 1. The van der Waals surface area contributed by atoms with Crippen LogP contribution in [0.25, 0.3) is 0 Å². The van der Waals surface area contributed by atoms with Crippen molar-refractivity contribution in [1.29, 1.82) is 0 Å². The molecule has 0 spiro atoms. The first-order chi connectivity index (χ1) is 16.6. The number of hydrogen-bond acceptors (Lipinski definition) is 6. The van der Waals surface area contributed by atoms with Gasteiger partial charge in [-0.05, 0) is 50.8 Å². The zero-order valence-electron chi connectivity index (χ0n) is 19.1. The van der Waals surface area contributed by atoms with E-state index >= 15 is 8.78 Å². The average molecular weight is 531 g/mol. The van der Waals surface area contributed by atoms with Crippen LogP contribution in [0.5, 0.6) is 0 Å². The summed E-state index contributed by atoms with van der Waals surface area (Å²) in [6.07, 6.45) is 5.10. The van der Waals surface area contributed by atoms with Crippen molar-refractivity contribution in [2.75, 3.05) is 36.4 Å². The first-order valence-corrected chi connectivity index (χ1v) is 13.4. The van der Waals surface area contributed by atoms with Gasteiger partial charge in [0.2, 0.25) is 5.95 Å². The highest BCUT2D eigenvalue weighted by atomic mass is 35.5. The van der Waals surface area contributed by atoms with Gasteiger partial charge < -0.3 is 9.64 Å². The van der Waals surface area contributed by atoms with Gasteiger partial charge in [0.1, 0.15) is 22.3 Å². The van der Waals surface area contributed by atoms with Crippen LogP contribution < -0.4 is 9.62 Å². The van der Waals surface area contributed by atoms with Crippen molar-refractivity contribution < 1.29 is 26.3 Å². The molecule has 0 bridgehead atoms. The second kappa shape index (κ2) is 9.10. The zero-order chi connectivity index (χ0) is 25.0. The summed E-state index contributed by atoms with van der Waals surface area (Å²) in [4.78, 5) is 6.37. The Balaban J connectivity index is 1.43. The van der Waals surface area contributed by atoms with E-state index in [2.05, 4.69) is 9.88 Å². The third-order valence-corrected chi connectivity index (χ3v) is 9.28. The Morgan fingerprint density at radius 2 is 2.00 bits per heavy atom. The summed E-state index contributed by atoms with van der Waals surface area (Å²) in [5.41, 5.74) is -0.440. The van der Waals surface area contributed by atoms with Crippen molar-refractivity contribution in [2.24, 2.45) is 0 Å². The van der Waals surface area contributed by atoms with Crippen molar-refractivity contribution in [2.45, 2.75) is 54.7 Å². The molecule has 35 heavy (non-hydrogen) atoms. The first-order valence-electron chi connectivity index (χ1n) is 11.5. The van der Waals surface area contributed by atoms with Crippen LogP contribution in [-0.4, -0.2) is 62.7 Å². The first kappa shape index (κ1) is 24.6. The molecule has 1 aromatic heterocycles. The number of benzene rings is 1. The molecule has 0 saturated carbocycles. The fourth-order valence-corrected chi connectivity index (χ4v) is 7.41. The number of methoxy groups -OCH3 is 1. The molecule has 3 aliphatic rings. The fraction of sp³-hybridized carbons (Fsp3) is 0.522. The quantitative estimate of drug-likeness (QED) is 0.446. The number of nitrogens with zero attached hydrogens (tertiary/aromatic N) is 3. The minimum Gasteiger partial charge on any atom is -0.375 e. The van der Waals surface area contributed by atoms with Crippen LogP contribution >= 0.6 is 11.6 Å². The van der Waals surface area contributed by atoms with Gasteiger partial charge >= 0.3 is 0 Å². The lowest BCUT2D eigenvalue weighted by atomic mass is 9.90. The van der Waals surface area contributed by atoms with Crippen LogP contribution in [-0.2, 0) is 14.8 Å². The zero-order valence-corrected chi connectivity index (χ0v) is 20.7. The summed E-state index contributed by atoms with van der Waals surface area (Å²) in [5.74, 6) is -4.08. The Morgan fingerprint density at radius 1 is 1.20 bits per heavy atom. The molecule has 4 heterocycles. The van der Waals surface area contributed by atoms with Crippen molar-refractivity contribution in [3.05, 3.63) is 46.9 Å². The SMILES string of the molecule is COC1(C2CCC3CCCN32)CCN(c2cc(F)c(S(=O)(=O)Nc3cccc(F)n3)c(F)c2Cl)C1. The summed E-state index contributed by atoms with van der Waals surface area (Å²) in [7, 11) is -3.10. The molecular weight excluding hydrogens is 505 g/mol. The molecule has 12 heteroatoms. The van der Waals surface area contributed by atoms with Crippen LogP contribution in [0, 0.1) is 17.6 Å². The lowest BCUT2D eigenvalue weighted by Crippen LogP contribution is -2.53. The van der Waals surface area contributed by atoms with Crippen molar-refractivity contribution in [3.8, 4) is 0 Å². The van der Waals surface area contributed by atoms with Crippen LogP contribution in [0.1, 0.15) is 32.1 Å². The number of halogens is 4. The maximum absolute atomic E-state index is 15.3. The predicted molar refractivity (Wildman–Crippen MR) is 126 cm³/mol. The number of nitrogens with one attached hydrogen (secondary N) is 1. The van der Waals surface area contributed by atoms with Gasteiger partial charge in [-0.2, -0.15) is 4.39 Å². The summed E-state index contributed by atoms with van der Waals surface area (Å²) in [6, 6.07) is 5.08. The summed E-state index contributed by atoms with van der Waals surface area (Å²) in [6.45, 7) is 1.86. The van der Waals surface area contributed by atoms with E-state index in [4.69, 9.17) is 16.3 Å². The molecule has 2 aromatic rings. The molecule has 7 nitrogen and oxygen atoms in total. The highest BCUT2D eigenvalue weighted by Crippen LogP contribution is 2.45. The number of fused-ring (bicyclic) bond motifs is 1. The Hall–Kier alpha value is -2.08. The summed E-state index contributed by atoms with van der Waals surface area (Å²) >= 11 is 6.27. The Kier molecular flexibility index (Phi) is 6.40. The van der Waals surface area contributed by atoms with E-state index in [-0.39, 0.29) is 11.7 Å². The van der Waals surface area contributed by atoms with Crippen molar-refractivity contribution in [3.63, 3.8) is 0 Å². The molecule has 0 radical (unpaired) electrons. The minimum atomic E-state index is -4.77. The van der Waals surface area contributed by atoms with E-state index in [0.717, 1.165) is 44.0 Å².